The maximum absolute atomic E-state index is 12.7. The largest absolute Gasteiger partial charge is 0.490 e. The highest BCUT2D eigenvalue weighted by Crippen LogP contribution is 2.67. The third-order valence-corrected chi connectivity index (χ3v) is 7.89. The lowest BCUT2D eigenvalue weighted by Gasteiger charge is -2.35. The maximum atomic E-state index is 12.7. The Hall–Kier alpha value is -2.29. The van der Waals surface area contributed by atoms with E-state index in [1.54, 1.807) is 0 Å². The van der Waals surface area contributed by atoms with Gasteiger partial charge in [0.05, 0.1) is 5.92 Å². The third kappa shape index (κ3) is 2.52. The zero-order valence-electron chi connectivity index (χ0n) is 16.0. The number of esters is 1. The average Bonchev–Trinajstić information content (AvgIpc) is 3.50. The molecule has 4 bridgehead atoms. The van der Waals surface area contributed by atoms with Crippen molar-refractivity contribution in [1.29, 1.82) is 0 Å². The number of carbonyl (C=O) groups is 1. The summed E-state index contributed by atoms with van der Waals surface area (Å²) < 4.78 is 11.4. The van der Waals surface area contributed by atoms with Crippen LogP contribution in [0.4, 0.5) is 0 Å². The molecule has 0 amide bonds. The van der Waals surface area contributed by atoms with Crippen LogP contribution < -0.4 is 4.74 Å². The monoisotopic (exact) mass is 374 g/mol. The minimum atomic E-state index is 0.0137. The molecule has 28 heavy (non-hydrogen) atoms. The lowest BCUT2D eigenvalue weighted by atomic mass is 9.69. The molecule has 0 saturated heterocycles. The van der Waals surface area contributed by atoms with Gasteiger partial charge < -0.3 is 9.47 Å². The van der Waals surface area contributed by atoms with Crippen molar-refractivity contribution in [2.45, 2.75) is 19.3 Å². The first-order valence-corrected chi connectivity index (χ1v) is 10.7. The molecule has 0 aromatic heterocycles. The summed E-state index contributed by atoms with van der Waals surface area (Å²) >= 11 is 0. The Morgan fingerprint density at radius 3 is 2.61 bits per heavy atom. The molecule has 2 aromatic rings. The topological polar surface area (TPSA) is 35.5 Å². The molecular weight excluding hydrogens is 348 g/mol. The molecule has 4 aliphatic carbocycles. The Kier molecular flexibility index (Phi) is 3.78. The molecule has 0 N–H and O–H groups in total. The lowest BCUT2D eigenvalue weighted by molar-refractivity contribution is -0.152. The van der Waals surface area contributed by atoms with E-state index in [0.717, 1.165) is 47.1 Å². The van der Waals surface area contributed by atoms with Crippen molar-refractivity contribution in [2.75, 3.05) is 13.2 Å². The molecule has 3 saturated carbocycles. The summed E-state index contributed by atoms with van der Waals surface area (Å²) in [6.45, 7) is 0.740. The van der Waals surface area contributed by atoms with Gasteiger partial charge in [-0.3, -0.25) is 4.79 Å². The fourth-order valence-corrected chi connectivity index (χ4v) is 6.95. The summed E-state index contributed by atoms with van der Waals surface area (Å²) in [5, 5.41) is 2.36. The molecule has 4 aliphatic rings. The molecule has 7 unspecified atom stereocenters. The number of fused-ring (bicyclic) bond motifs is 10. The van der Waals surface area contributed by atoms with Gasteiger partial charge in [-0.2, -0.15) is 0 Å². The van der Waals surface area contributed by atoms with Gasteiger partial charge in [-0.15, -0.1) is 0 Å². The fraction of sp³-hybridized carbons (Fsp3) is 0.480. The van der Waals surface area contributed by atoms with E-state index in [2.05, 4.69) is 30.4 Å². The predicted octanol–water partition coefficient (Wildman–Crippen LogP) is 4.86. The fourth-order valence-electron chi connectivity index (χ4n) is 6.95. The van der Waals surface area contributed by atoms with Gasteiger partial charge in [-0.05, 0) is 77.7 Å². The Morgan fingerprint density at radius 1 is 0.893 bits per heavy atom. The Labute approximate surface area is 165 Å². The molecule has 0 spiro atoms. The molecule has 3 fully saturated rings. The normalized spacial score (nSPS) is 36.8. The highest BCUT2D eigenvalue weighted by atomic mass is 16.6. The summed E-state index contributed by atoms with van der Waals surface area (Å²) in [4.78, 5) is 12.7. The quantitative estimate of drug-likeness (QED) is 0.325. The summed E-state index contributed by atoms with van der Waals surface area (Å²) in [5.41, 5.74) is 0. The highest BCUT2D eigenvalue weighted by molar-refractivity contribution is 5.83. The van der Waals surface area contributed by atoms with E-state index in [0.29, 0.717) is 19.1 Å². The zero-order valence-corrected chi connectivity index (χ0v) is 16.0. The minimum absolute atomic E-state index is 0.0137. The lowest BCUT2D eigenvalue weighted by Crippen LogP contribution is -2.35. The smallest absolute Gasteiger partial charge is 0.309 e. The van der Waals surface area contributed by atoms with Crippen molar-refractivity contribution in [3.8, 4) is 5.75 Å². The third-order valence-electron chi connectivity index (χ3n) is 7.89. The van der Waals surface area contributed by atoms with Crippen LogP contribution in [0.5, 0.6) is 5.75 Å². The maximum Gasteiger partial charge on any atom is 0.309 e. The molecule has 3 heteroatoms. The SMILES string of the molecule is O=C(OCCOc1ccc2ccccc2c1)C1CC2CC1C1C3C=CC(C3)C21. The van der Waals surface area contributed by atoms with E-state index < -0.39 is 0 Å². The molecule has 0 heterocycles. The average molecular weight is 374 g/mol. The molecule has 2 aromatic carbocycles. The molecule has 144 valence electrons. The summed E-state index contributed by atoms with van der Waals surface area (Å²) in [6.07, 6.45) is 8.50. The van der Waals surface area contributed by atoms with Crippen molar-refractivity contribution in [3.05, 3.63) is 54.6 Å². The van der Waals surface area contributed by atoms with Gasteiger partial charge in [0, 0.05) is 0 Å². The number of allylic oxidation sites excluding steroid dienone is 2. The Bertz CT molecular complexity index is 948. The minimum Gasteiger partial charge on any atom is -0.490 e. The molecule has 0 aliphatic heterocycles. The first-order valence-electron chi connectivity index (χ1n) is 10.7. The van der Waals surface area contributed by atoms with Gasteiger partial charge >= 0.3 is 5.97 Å². The van der Waals surface area contributed by atoms with Crippen LogP contribution in [0.3, 0.4) is 0 Å². The van der Waals surface area contributed by atoms with Crippen LogP contribution in [0.2, 0.25) is 0 Å². The number of ether oxygens (including phenoxy) is 2. The van der Waals surface area contributed by atoms with Gasteiger partial charge in [0.1, 0.15) is 19.0 Å². The van der Waals surface area contributed by atoms with Gasteiger partial charge in [0.25, 0.3) is 0 Å². The summed E-state index contributed by atoms with van der Waals surface area (Å²) in [7, 11) is 0. The van der Waals surface area contributed by atoms with Crippen molar-refractivity contribution < 1.29 is 14.3 Å². The molecule has 0 radical (unpaired) electrons. The van der Waals surface area contributed by atoms with Gasteiger partial charge in [0.2, 0.25) is 0 Å². The van der Waals surface area contributed by atoms with Crippen molar-refractivity contribution in [1.82, 2.24) is 0 Å². The van der Waals surface area contributed by atoms with E-state index >= 15 is 0 Å². The predicted molar refractivity (Wildman–Crippen MR) is 108 cm³/mol. The number of hydrogen-bond donors (Lipinski definition) is 0. The Balaban J connectivity index is 1.03. The van der Waals surface area contributed by atoms with Crippen molar-refractivity contribution in [2.24, 2.45) is 41.4 Å². The van der Waals surface area contributed by atoms with Gasteiger partial charge in [0.15, 0.2) is 0 Å². The first-order chi connectivity index (χ1) is 13.8. The molecule has 6 rings (SSSR count). The van der Waals surface area contributed by atoms with E-state index in [1.165, 1.54) is 18.2 Å². The van der Waals surface area contributed by atoms with Crippen LogP contribution in [-0.4, -0.2) is 19.2 Å². The van der Waals surface area contributed by atoms with Crippen molar-refractivity contribution in [3.63, 3.8) is 0 Å². The first kappa shape index (κ1) is 16.6. The standard InChI is InChI=1S/C25H26O3/c26-25(22-14-19-13-21(22)24-18-6-5-17(11-18)23(19)24)28-10-9-27-20-8-7-15-3-1-2-4-16(15)12-20/h1-8,12,17-19,21-24H,9-11,13-14H2. The number of rotatable bonds is 5. The second-order valence-electron chi connectivity index (χ2n) is 9.13. The number of carbonyl (C=O) groups excluding carboxylic acids is 1. The van der Waals surface area contributed by atoms with Crippen LogP contribution in [0.25, 0.3) is 10.8 Å². The van der Waals surface area contributed by atoms with Gasteiger partial charge in [-0.25, -0.2) is 0 Å². The van der Waals surface area contributed by atoms with Crippen LogP contribution in [0.1, 0.15) is 19.3 Å². The van der Waals surface area contributed by atoms with E-state index in [-0.39, 0.29) is 11.9 Å². The molecular formula is C25H26O3. The molecule has 7 atom stereocenters. The summed E-state index contributed by atoms with van der Waals surface area (Å²) in [6, 6.07) is 14.3. The van der Waals surface area contributed by atoms with Crippen LogP contribution in [0.15, 0.2) is 54.6 Å². The van der Waals surface area contributed by atoms with E-state index in [9.17, 15) is 4.79 Å². The van der Waals surface area contributed by atoms with E-state index in [1.807, 2.05) is 24.3 Å². The number of benzene rings is 2. The van der Waals surface area contributed by atoms with Crippen LogP contribution >= 0.6 is 0 Å². The van der Waals surface area contributed by atoms with Gasteiger partial charge in [-0.1, -0.05) is 42.5 Å². The van der Waals surface area contributed by atoms with Crippen LogP contribution in [0, 0.1) is 41.4 Å². The summed E-state index contributed by atoms with van der Waals surface area (Å²) in [5.74, 6) is 5.42. The second-order valence-corrected chi connectivity index (χ2v) is 9.13. The Morgan fingerprint density at radius 2 is 1.71 bits per heavy atom. The highest BCUT2D eigenvalue weighted by Gasteiger charge is 2.62. The van der Waals surface area contributed by atoms with Crippen molar-refractivity contribution >= 4 is 16.7 Å². The molecule has 3 nitrogen and oxygen atoms in total. The number of hydrogen-bond acceptors (Lipinski definition) is 3. The second kappa shape index (κ2) is 6.37. The zero-order chi connectivity index (χ0) is 18.7. The van der Waals surface area contributed by atoms with Crippen LogP contribution in [-0.2, 0) is 9.53 Å². The van der Waals surface area contributed by atoms with E-state index in [4.69, 9.17) is 9.47 Å².